The Bertz CT molecular complexity index is 743. The zero-order valence-electron chi connectivity index (χ0n) is 15.9. The molecule has 0 radical (unpaired) electrons. The summed E-state index contributed by atoms with van der Waals surface area (Å²) < 4.78 is 5.85. The molecule has 140 valence electrons. The normalized spacial score (nSPS) is 15.0. The van der Waals surface area contributed by atoms with Crippen molar-refractivity contribution in [3.8, 4) is 5.75 Å². The molecule has 1 aliphatic heterocycles. The van der Waals surface area contributed by atoms with Gasteiger partial charge in [-0.25, -0.2) is 0 Å². The Balaban J connectivity index is 1.43. The van der Waals surface area contributed by atoms with Crippen molar-refractivity contribution in [3.05, 3.63) is 51.7 Å². The van der Waals surface area contributed by atoms with Gasteiger partial charge in [0.25, 0.3) is 0 Å². The van der Waals surface area contributed by atoms with Crippen LogP contribution < -0.4 is 4.74 Å². The van der Waals surface area contributed by atoms with Gasteiger partial charge in [0.15, 0.2) is 0 Å². The summed E-state index contributed by atoms with van der Waals surface area (Å²) in [5.41, 5.74) is 2.47. The van der Waals surface area contributed by atoms with Crippen LogP contribution in [0, 0.1) is 6.92 Å². The van der Waals surface area contributed by atoms with Crippen LogP contribution in [-0.4, -0.2) is 48.5 Å². The molecule has 1 aliphatic rings. The molecule has 1 atom stereocenters. The van der Waals surface area contributed by atoms with Gasteiger partial charge in [-0.3, -0.25) is 9.69 Å². The van der Waals surface area contributed by atoms with Crippen LogP contribution in [0.25, 0.3) is 0 Å². The third-order valence-corrected chi connectivity index (χ3v) is 6.17. The highest BCUT2D eigenvalue weighted by atomic mass is 32.1. The molecule has 4 nitrogen and oxygen atoms in total. The Labute approximate surface area is 160 Å². The Hall–Kier alpha value is -1.85. The maximum atomic E-state index is 12.8. The summed E-state index contributed by atoms with van der Waals surface area (Å²) in [6.45, 7) is 7.16. The van der Waals surface area contributed by atoms with Crippen LogP contribution in [0.1, 0.15) is 29.3 Å². The number of hydrogen-bond acceptors (Lipinski definition) is 4. The first-order valence-electron chi connectivity index (χ1n) is 9.29. The summed E-state index contributed by atoms with van der Waals surface area (Å²) in [5, 5.41) is 2.13. The van der Waals surface area contributed by atoms with E-state index in [4.69, 9.17) is 4.74 Å². The smallest absolute Gasteiger partial charge is 0.239 e. The fourth-order valence-corrected chi connectivity index (χ4v) is 4.19. The summed E-state index contributed by atoms with van der Waals surface area (Å²) in [5.74, 6) is 1.17. The molecule has 5 heteroatoms. The van der Waals surface area contributed by atoms with E-state index in [-0.39, 0.29) is 11.9 Å². The highest BCUT2D eigenvalue weighted by Crippen LogP contribution is 2.24. The average Bonchev–Trinajstić information content (AvgIpc) is 3.12. The molecule has 0 saturated heterocycles. The van der Waals surface area contributed by atoms with Gasteiger partial charge in [0, 0.05) is 24.5 Å². The predicted octanol–water partition coefficient (Wildman–Crippen LogP) is 3.73. The van der Waals surface area contributed by atoms with E-state index >= 15 is 0 Å². The number of rotatable bonds is 7. The van der Waals surface area contributed by atoms with Gasteiger partial charge in [0.2, 0.25) is 5.91 Å². The molecule has 1 aromatic carbocycles. The zero-order valence-corrected chi connectivity index (χ0v) is 16.7. The van der Waals surface area contributed by atoms with Crippen molar-refractivity contribution in [1.29, 1.82) is 0 Å². The lowest BCUT2D eigenvalue weighted by molar-refractivity contribution is -0.136. The molecule has 0 fully saturated rings. The minimum atomic E-state index is -0.103. The van der Waals surface area contributed by atoms with Crippen LogP contribution in [0.15, 0.2) is 35.7 Å². The molecule has 1 aromatic heterocycles. The predicted molar refractivity (Wildman–Crippen MR) is 107 cm³/mol. The Morgan fingerprint density at radius 1 is 1.35 bits per heavy atom. The summed E-state index contributed by atoms with van der Waals surface area (Å²) in [7, 11) is 2.02. The summed E-state index contributed by atoms with van der Waals surface area (Å²) in [4.78, 5) is 18.4. The lowest BCUT2D eigenvalue weighted by Crippen LogP contribution is -2.47. The molecular formula is C21H28N2O2S. The third kappa shape index (κ3) is 4.46. The number of likely N-dealkylation sites (N-methyl/N-ethyl adjacent to an activating group) is 1. The highest BCUT2D eigenvalue weighted by Gasteiger charge is 2.27. The van der Waals surface area contributed by atoms with Gasteiger partial charge in [0.1, 0.15) is 5.75 Å². The van der Waals surface area contributed by atoms with Crippen LogP contribution >= 0.6 is 11.3 Å². The van der Waals surface area contributed by atoms with Crippen molar-refractivity contribution < 1.29 is 9.53 Å². The van der Waals surface area contributed by atoms with Crippen molar-refractivity contribution in [2.75, 3.05) is 26.7 Å². The summed E-state index contributed by atoms with van der Waals surface area (Å²) in [6.07, 6.45) is 1.89. The van der Waals surface area contributed by atoms with E-state index in [2.05, 4.69) is 29.3 Å². The second kappa shape index (κ2) is 8.69. The molecule has 0 spiro atoms. The molecule has 1 unspecified atom stereocenters. The quantitative estimate of drug-likeness (QED) is 0.694. The molecule has 2 aromatic rings. The van der Waals surface area contributed by atoms with E-state index in [9.17, 15) is 4.79 Å². The SMILES string of the molecule is Cc1ccccc1OCCCN(C)C(C)C(=O)N1CCc2sccc2C1. The third-order valence-electron chi connectivity index (χ3n) is 5.14. The molecule has 26 heavy (non-hydrogen) atoms. The maximum Gasteiger partial charge on any atom is 0.239 e. The Kier molecular flexibility index (Phi) is 6.33. The van der Waals surface area contributed by atoms with Crippen LogP contribution in [0.5, 0.6) is 5.75 Å². The Morgan fingerprint density at radius 2 is 2.15 bits per heavy atom. The lowest BCUT2D eigenvalue weighted by Gasteiger charge is -2.32. The van der Waals surface area contributed by atoms with E-state index in [0.717, 1.165) is 43.8 Å². The number of ether oxygens (including phenoxy) is 1. The fourth-order valence-electron chi connectivity index (χ4n) is 3.30. The fraction of sp³-hybridized carbons (Fsp3) is 0.476. The number of hydrogen-bond donors (Lipinski definition) is 0. The first kappa shape index (κ1) is 18.9. The van der Waals surface area contributed by atoms with Gasteiger partial charge in [-0.2, -0.15) is 0 Å². The molecule has 3 rings (SSSR count). The van der Waals surface area contributed by atoms with Crippen LogP contribution in [0.3, 0.4) is 0 Å². The van der Waals surface area contributed by atoms with Crippen molar-refractivity contribution in [2.24, 2.45) is 0 Å². The molecule has 2 heterocycles. The van der Waals surface area contributed by atoms with E-state index < -0.39 is 0 Å². The topological polar surface area (TPSA) is 32.8 Å². The van der Waals surface area contributed by atoms with Gasteiger partial charge in [0.05, 0.1) is 12.6 Å². The van der Waals surface area contributed by atoms with E-state index in [1.54, 1.807) is 11.3 Å². The number of thiophene rings is 1. The summed E-state index contributed by atoms with van der Waals surface area (Å²) in [6, 6.07) is 10.1. The first-order chi connectivity index (χ1) is 12.6. The van der Waals surface area contributed by atoms with Gasteiger partial charge in [-0.1, -0.05) is 18.2 Å². The number of amides is 1. The number of aryl methyl sites for hydroxylation is 1. The second-order valence-electron chi connectivity index (χ2n) is 7.00. The first-order valence-corrected chi connectivity index (χ1v) is 10.2. The number of benzene rings is 1. The molecule has 0 N–H and O–H groups in total. The van der Waals surface area contributed by atoms with Crippen molar-refractivity contribution in [3.63, 3.8) is 0 Å². The van der Waals surface area contributed by atoms with Gasteiger partial charge in [-0.15, -0.1) is 11.3 Å². The van der Waals surface area contributed by atoms with Crippen LogP contribution in [0.4, 0.5) is 0 Å². The van der Waals surface area contributed by atoms with Crippen LogP contribution in [0.2, 0.25) is 0 Å². The summed E-state index contributed by atoms with van der Waals surface area (Å²) >= 11 is 1.80. The van der Waals surface area contributed by atoms with Gasteiger partial charge < -0.3 is 9.64 Å². The standard InChI is InChI=1S/C21H28N2O2S/c1-16-7-4-5-8-19(16)25-13-6-11-22(3)17(2)21(24)23-12-9-20-18(15-23)10-14-26-20/h4-5,7-8,10,14,17H,6,9,11-13,15H2,1-3H3. The van der Waals surface area contributed by atoms with Gasteiger partial charge >= 0.3 is 0 Å². The van der Waals surface area contributed by atoms with E-state index in [0.29, 0.717) is 6.61 Å². The number of carbonyl (C=O) groups is 1. The van der Waals surface area contributed by atoms with Crippen molar-refractivity contribution >= 4 is 17.2 Å². The zero-order chi connectivity index (χ0) is 18.5. The van der Waals surface area contributed by atoms with Crippen molar-refractivity contribution in [2.45, 2.75) is 39.3 Å². The molecule has 0 aliphatic carbocycles. The molecule has 1 amide bonds. The average molecular weight is 373 g/mol. The number of fused-ring (bicyclic) bond motifs is 1. The molecule has 0 saturated carbocycles. The lowest BCUT2D eigenvalue weighted by atomic mass is 10.1. The van der Waals surface area contributed by atoms with Crippen molar-refractivity contribution in [1.82, 2.24) is 9.80 Å². The maximum absolute atomic E-state index is 12.8. The number of nitrogens with zero attached hydrogens (tertiary/aromatic N) is 2. The van der Waals surface area contributed by atoms with E-state index in [1.807, 2.05) is 37.1 Å². The molecule has 0 bridgehead atoms. The monoisotopic (exact) mass is 372 g/mol. The minimum absolute atomic E-state index is 0.103. The second-order valence-corrected chi connectivity index (χ2v) is 8.00. The minimum Gasteiger partial charge on any atom is -0.493 e. The van der Waals surface area contributed by atoms with Crippen LogP contribution in [-0.2, 0) is 17.8 Å². The molecular weight excluding hydrogens is 344 g/mol. The van der Waals surface area contributed by atoms with Gasteiger partial charge in [-0.05, 0) is 62.4 Å². The van der Waals surface area contributed by atoms with E-state index in [1.165, 1.54) is 10.4 Å². The number of para-hydroxylation sites is 1. The number of carbonyl (C=O) groups excluding carboxylic acids is 1. The highest BCUT2D eigenvalue weighted by molar-refractivity contribution is 7.10. The largest absolute Gasteiger partial charge is 0.493 e. The Morgan fingerprint density at radius 3 is 2.96 bits per heavy atom.